The van der Waals surface area contributed by atoms with Gasteiger partial charge in [-0.05, 0) is 55.7 Å². The third kappa shape index (κ3) is 4.38. The molecule has 2 atom stereocenters. The lowest BCUT2D eigenvalue weighted by atomic mass is 10.3. The Morgan fingerprint density at radius 2 is 2.00 bits per heavy atom. The first-order valence-corrected chi connectivity index (χ1v) is 8.47. The van der Waals surface area contributed by atoms with E-state index >= 15 is 0 Å². The summed E-state index contributed by atoms with van der Waals surface area (Å²) in [7, 11) is 0. The molecule has 1 heterocycles. The fourth-order valence-electron chi connectivity index (χ4n) is 2.71. The highest BCUT2D eigenvalue weighted by molar-refractivity contribution is 5.92. The lowest BCUT2D eigenvalue weighted by Gasteiger charge is -2.07. The Balaban J connectivity index is 1.40. The monoisotopic (exact) mass is 328 g/mol. The summed E-state index contributed by atoms with van der Waals surface area (Å²) in [5.74, 6) is 3.98. The number of benzene rings is 1. The van der Waals surface area contributed by atoms with E-state index in [-0.39, 0.29) is 12.5 Å². The smallest absolute Gasteiger partial charge is 0.238 e. The van der Waals surface area contributed by atoms with Crippen molar-refractivity contribution in [2.24, 2.45) is 5.92 Å². The number of ether oxygens (including phenoxy) is 1. The molecule has 0 spiro atoms. The number of hydrogen-bond acceptors (Lipinski definition) is 4. The molecule has 0 bridgehead atoms. The first-order chi connectivity index (χ1) is 11.7. The summed E-state index contributed by atoms with van der Waals surface area (Å²) in [6, 6.07) is 11.4. The second-order valence-electron chi connectivity index (χ2n) is 6.23. The molecule has 5 nitrogen and oxygen atoms in total. The number of anilines is 1. The SMILES string of the molecule is CCOc1ccc(NC(=O)CNCc2ccc(C3CC3C)o2)cc1. The number of amides is 1. The number of furan rings is 1. The molecule has 1 saturated carbocycles. The van der Waals surface area contributed by atoms with E-state index in [1.807, 2.05) is 43.3 Å². The molecular formula is C19H24N2O3. The van der Waals surface area contributed by atoms with Gasteiger partial charge in [0.15, 0.2) is 0 Å². The first kappa shape index (κ1) is 16.6. The third-order valence-corrected chi connectivity index (χ3v) is 4.19. The van der Waals surface area contributed by atoms with Crippen LogP contribution in [0.5, 0.6) is 5.75 Å². The second kappa shape index (κ2) is 7.53. The van der Waals surface area contributed by atoms with Gasteiger partial charge in [-0.3, -0.25) is 4.79 Å². The molecule has 0 saturated heterocycles. The van der Waals surface area contributed by atoms with Crippen molar-refractivity contribution in [2.45, 2.75) is 32.7 Å². The van der Waals surface area contributed by atoms with Gasteiger partial charge in [-0.2, -0.15) is 0 Å². The van der Waals surface area contributed by atoms with Crippen LogP contribution in [0.25, 0.3) is 0 Å². The molecule has 1 aromatic carbocycles. The normalized spacial score (nSPS) is 19.1. The molecule has 1 amide bonds. The van der Waals surface area contributed by atoms with Crippen LogP contribution in [0.3, 0.4) is 0 Å². The highest BCUT2D eigenvalue weighted by atomic mass is 16.5. The van der Waals surface area contributed by atoms with E-state index in [2.05, 4.69) is 17.6 Å². The van der Waals surface area contributed by atoms with Crippen molar-refractivity contribution in [3.63, 3.8) is 0 Å². The highest BCUT2D eigenvalue weighted by Crippen LogP contribution is 2.47. The van der Waals surface area contributed by atoms with E-state index in [4.69, 9.17) is 9.15 Å². The van der Waals surface area contributed by atoms with E-state index < -0.39 is 0 Å². The standard InChI is InChI=1S/C19H24N2O3/c1-3-23-15-6-4-14(5-7-15)21-19(22)12-20-11-16-8-9-18(24-16)17-10-13(17)2/h4-9,13,17,20H,3,10-12H2,1-2H3,(H,21,22). The maximum Gasteiger partial charge on any atom is 0.238 e. The largest absolute Gasteiger partial charge is 0.494 e. The summed E-state index contributed by atoms with van der Waals surface area (Å²) in [6.45, 7) is 5.59. The van der Waals surface area contributed by atoms with Gasteiger partial charge < -0.3 is 19.8 Å². The van der Waals surface area contributed by atoms with Crippen LogP contribution in [-0.2, 0) is 11.3 Å². The maximum atomic E-state index is 11.9. The fraction of sp³-hybridized carbons (Fsp3) is 0.421. The summed E-state index contributed by atoms with van der Waals surface area (Å²) in [4.78, 5) is 11.9. The molecule has 24 heavy (non-hydrogen) atoms. The predicted octanol–water partition coefficient (Wildman–Crippen LogP) is 3.53. The zero-order valence-electron chi connectivity index (χ0n) is 14.2. The second-order valence-corrected chi connectivity index (χ2v) is 6.23. The van der Waals surface area contributed by atoms with Crippen molar-refractivity contribution in [3.05, 3.63) is 47.9 Å². The van der Waals surface area contributed by atoms with Crippen LogP contribution >= 0.6 is 0 Å². The minimum absolute atomic E-state index is 0.0817. The van der Waals surface area contributed by atoms with Crippen LogP contribution in [0.4, 0.5) is 5.69 Å². The lowest BCUT2D eigenvalue weighted by Crippen LogP contribution is -2.27. The summed E-state index contributed by atoms with van der Waals surface area (Å²) >= 11 is 0. The van der Waals surface area contributed by atoms with Crippen LogP contribution in [0.1, 0.15) is 37.7 Å². The van der Waals surface area contributed by atoms with Crippen LogP contribution in [0.2, 0.25) is 0 Å². The molecule has 1 fully saturated rings. The molecule has 5 heteroatoms. The predicted molar refractivity (Wildman–Crippen MR) is 93.2 cm³/mol. The molecule has 2 unspecified atom stereocenters. The summed E-state index contributed by atoms with van der Waals surface area (Å²) in [6.07, 6.45) is 1.21. The number of carbonyl (C=O) groups is 1. The molecule has 1 aliphatic carbocycles. The molecule has 2 aromatic rings. The summed E-state index contributed by atoms with van der Waals surface area (Å²) in [5.41, 5.74) is 0.758. The molecule has 0 aliphatic heterocycles. The number of carbonyl (C=O) groups excluding carboxylic acids is 1. The van der Waals surface area contributed by atoms with Gasteiger partial charge in [0, 0.05) is 11.6 Å². The Kier molecular flexibility index (Phi) is 5.20. The Morgan fingerprint density at radius 1 is 1.25 bits per heavy atom. The van der Waals surface area contributed by atoms with Gasteiger partial charge in [-0.15, -0.1) is 0 Å². The van der Waals surface area contributed by atoms with E-state index in [1.54, 1.807) is 0 Å². The van der Waals surface area contributed by atoms with Gasteiger partial charge in [-0.1, -0.05) is 6.92 Å². The van der Waals surface area contributed by atoms with Crippen LogP contribution in [0, 0.1) is 5.92 Å². The maximum absolute atomic E-state index is 11.9. The van der Waals surface area contributed by atoms with Crippen molar-refractivity contribution in [1.29, 1.82) is 0 Å². The van der Waals surface area contributed by atoms with Crippen molar-refractivity contribution in [2.75, 3.05) is 18.5 Å². The number of hydrogen-bond donors (Lipinski definition) is 2. The zero-order valence-corrected chi connectivity index (χ0v) is 14.2. The fourth-order valence-corrected chi connectivity index (χ4v) is 2.71. The zero-order chi connectivity index (χ0) is 16.9. The van der Waals surface area contributed by atoms with Crippen molar-refractivity contribution >= 4 is 11.6 Å². The summed E-state index contributed by atoms with van der Waals surface area (Å²) < 4.78 is 11.2. The lowest BCUT2D eigenvalue weighted by molar-refractivity contribution is -0.115. The molecule has 1 aliphatic rings. The molecule has 3 rings (SSSR count). The van der Waals surface area contributed by atoms with E-state index in [0.717, 1.165) is 28.9 Å². The molecule has 0 radical (unpaired) electrons. The van der Waals surface area contributed by atoms with Gasteiger partial charge in [0.05, 0.1) is 19.7 Å². The molecular weight excluding hydrogens is 304 g/mol. The Hall–Kier alpha value is -2.27. The van der Waals surface area contributed by atoms with Gasteiger partial charge in [0.1, 0.15) is 17.3 Å². The van der Waals surface area contributed by atoms with Gasteiger partial charge in [0.2, 0.25) is 5.91 Å². The Bertz CT molecular complexity index is 678. The molecule has 128 valence electrons. The average Bonchev–Trinajstić information content (AvgIpc) is 3.11. The van der Waals surface area contributed by atoms with Crippen molar-refractivity contribution in [3.8, 4) is 5.75 Å². The minimum atomic E-state index is -0.0817. The number of nitrogens with one attached hydrogen (secondary N) is 2. The molecule has 1 aromatic heterocycles. The van der Waals surface area contributed by atoms with E-state index in [1.165, 1.54) is 6.42 Å². The van der Waals surface area contributed by atoms with Gasteiger partial charge >= 0.3 is 0 Å². The van der Waals surface area contributed by atoms with E-state index in [9.17, 15) is 4.79 Å². The van der Waals surface area contributed by atoms with E-state index in [0.29, 0.717) is 19.1 Å². The summed E-state index contributed by atoms with van der Waals surface area (Å²) in [5, 5.41) is 5.96. The topological polar surface area (TPSA) is 63.5 Å². The highest BCUT2D eigenvalue weighted by Gasteiger charge is 2.36. The first-order valence-electron chi connectivity index (χ1n) is 8.47. The van der Waals surface area contributed by atoms with Gasteiger partial charge in [-0.25, -0.2) is 0 Å². The van der Waals surface area contributed by atoms with Crippen molar-refractivity contribution in [1.82, 2.24) is 5.32 Å². The van der Waals surface area contributed by atoms with Crippen LogP contribution in [0.15, 0.2) is 40.8 Å². The quantitative estimate of drug-likeness (QED) is 0.778. The van der Waals surface area contributed by atoms with Crippen LogP contribution < -0.4 is 15.4 Å². The average molecular weight is 328 g/mol. The Labute approximate surface area is 142 Å². The van der Waals surface area contributed by atoms with Gasteiger partial charge in [0.25, 0.3) is 0 Å². The third-order valence-electron chi connectivity index (χ3n) is 4.19. The minimum Gasteiger partial charge on any atom is -0.494 e. The Morgan fingerprint density at radius 3 is 2.67 bits per heavy atom. The van der Waals surface area contributed by atoms with Crippen molar-refractivity contribution < 1.29 is 13.9 Å². The molecule has 2 N–H and O–H groups in total. The number of rotatable bonds is 8. The van der Waals surface area contributed by atoms with Crippen LogP contribution in [-0.4, -0.2) is 19.1 Å².